The van der Waals surface area contributed by atoms with Crippen molar-refractivity contribution in [2.24, 2.45) is 11.0 Å². The second-order valence-corrected chi connectivity index (χ2v) is 14.4. The Kier molecular flexibility index (Phi) is 23.7. The molecule has 1 aliphatic heterocycles. The SMILES string of the molecule is C1CCOC1.COC(=O)c1ccc(N=O)cc1.COC(=O)c1ccc(NC(=O)NCC(=O)c2ccccc2)cc1.COC(=O)c1ccc(Nc2nnc(-c3ccccc3)o2)cc1.NNC(=O)c1ccccc1. The number of nitroso groups, excluding NO2 is 1. The van der Waals surface area contributed by atoms with E-state index in [9.17, 15) is 33.7 Å². The zero-order chi connectivity index (χ0) is 51.9. The van der Waals surface area contributed by atoms with Crippen LogP contribution < -0.4 is 27.2 Å². The zero-order valence-electron chi connectivity index (χ0n) is 39.4. The number of nitrogens with two attached hydrogens (primary N) is 1. The quantitative estimate of drug-likeness (QED) is 0.0145. The normalized spacial score (nSPS) is 10.7. The van der Waals surface area contributed by atoms with Crippen LogP contribution in [0.5, 0.6) is 0 Å². The van der Waals surface area contributed by atoms with Gasteiger partial charge in [-0.3, -0.25) is 15.0 Å². The van der Waals surface area contributed by atoms with Gasteiger partial charge in [0.05, 0.1) is 44.6 Å². The first-order valence-electron chi connectivity index (χ1n) is 21.8. The van der Waals surface area contributed by atoms with Crippen LogP contribution in [0.15, 0.2) is 173 Å². The number of nitrogens with zero attached hydrogens (tertiary/aromatic N) is 3. The Morgan fingerprint density at radius 3 is 1.47 bits per heavy atom. The molecule has 1 saturated heterocycles. The van der Waals surface area contributed by atoms with Gasteiger partial charge in [0.25, 0.3) is 5.91 Å². The summed E-state index contributed by atoms with van der Waals surface area (Å²) in [6.45, 7) is 1.90. The molecule has 6 N–H and O–H groups in total. The first kappa shape index (κ1) is 55.2. The van der Waals surface area contributed by atoms with E-state index >= 15 is 0 Å². The molecule has 6 aromatic carbocycles. The molecule has 0 atom stereocenters. The fourth-order valence-corrected chi connectivity index (χ4v) is 5.73. The Labute approximate surface area is 414 Å². The number of hydrogen-bond donors (Lipinski definition) is 5. The molecule has 0 aliphatic carbocycles. The minimum atomic E-state index is -0.500. The van der Waals surface area contributed by atoms with E-state index in [1.165, 1.54) is 70.6 Å². The van der Waals surface area contributed by atoms with E-state index in [-0.39, 0.29) is 30.2 Å². The molecule has 20 heteroatoms. The van der Waals surface area contributed by atoms with Crippen LogP contribution in [-0.4, -0.2) is 86.9 Å². The van der Waals surface area contributed by atoms with E-state index in [4.69, 9.17) is 15.0 Å². The van der Waals surface area contributed by atoms with E-state index < -0.39 is 18.0 Å². The lowest BCUT2D eigenvalue weighted by atomic mass is 10.1. The van der Waals surface area contributed by atoms with E-state index in [2.05, 4.69) is 45.5 Å². The molecule has 2 heterocycles. The van der Waals surface area contributed by atoms with Crippen LogP contribution in [0.2, 0.25) is 0 Å². The van der Waals surface area contributed by atoms with Gasteiger partial charge in [-0.2, -0.15) is 0 Å². The molecule has 20 nitrogen and oxygen atoms in total. The Morgan fingerprint density at radius 2 is 1.03 bits per heavy atom. The van der Waals surface area contributed by atoms with Gasteiger partial charge in [-0.15, -0.1) is 10.0 Å². The number of esters is 3. The number of nitrogen functional groups attached to an aromatic ring is 1. The standard InChI is InChI=1S/C17H16N2O4.C16H13N3O3.C8H7NO3.C7H8N2O.C4H8O/c1-23-16(21)13-7-9-14(10-8-13)19-17(22)18-11-15(20)12-5-3-2-4-6-12;1-21-15(20)12-7-9-13(10-8-12)17-16-19-18-14(22-16)11-5-3-2-4-6-11;1-12-8(10)6-2-4-7(9-11)5-3-6;8-9-7(10)6-4-2-1-3-5-6;1-2-4-5-3-1/h2-10H,11H2,1H3,(H2,18,19,22);2-10H,1H3,(H,17,19);2-5H,1H3;1-5H,8H2,(H,9,10);1-4H2. The summed E-state index contributed by atoms with van der Waals surface area (Å²) in [5.41, 5.74) is 6.80. The number of hydrazine groups is 1. The third-order valence-electron chi connectivity index (χ3n) is 9.46. The molecule has 0 radical (unpaired) electrons. The highest BCUT2D eigenvalue weighted by atomic mass is 16.5. The molecule has 7 aromatic rings. The number of carbonyl (C=O) groups is 6. The molecule has 1 aromatic heterocycles. The van der Waals surface area contributed by atoms with Gasteiger partial charge in [0.15, 0.2) is 5.78 Å². The summed E-state index contributed by atoms with van der Waals surface area (Å²) in [4.78, 5) is 77.9. The van der Waals surface area contributed by atoms with Crippen LogP contribution in [0.3, 0.4) is 0 Å². The topological polar surface area (TPSA) is 282 Å². The minimum Gasteiger partial charge on any atom is -0.465 e. The van der Waals surface area contributed by atoms with Crippen LogP contribution in [0, 0.1) is 4.91 Å². The average Bonchev–Trinajstić information content (AvgIpc) is 4.20. The maximum absolute atomic E-state index is 11.9. The van der Waals surface area contributed by atoms with E-state index in [1.807, 2.05) is 47.9 Å². The Hall–Kier alpha value is -9.40. The number of aromatic nitrogens is 2. The number of Topliss-reactive ketones (excluding diaryl/α,β-unsaturated/α-hetero) is 1. The van der Waals surface area contributed by atoms with Crippen molar-refractivity contribution in [1.29, 1.82) is 0 Å². The number of anilines is 3. The summed E-state index contributed by atoms with van der Waals surface area (Å²) in [5.74, 6) is 3.65. The second-order valence-electron chi connectivity index (χ2n) is 14.4. The summed E-state index contributed by atoms with van der Waals surface area (Å²) in [6.07, 6.45) is 2.56. The number of ether oxygens (including phenoxy) is 4. The highest BCUT2D eigenvalue weighted by molar-refractivity contribution is 6.01. The lowest BCUT2D eigenvalue weighted by Gasteiger charge is -2.08. The maximum atomic E-state index is 11.9. The summed E-state index contributed by atoms with van der Waals surface area (Å²) >= 11 is 0. The number of urea groups is 1. The Balaban J connectivity index is 0.000000211. The Bertz CT molecular complexity index is 2770. The van der Waals surface area contributed by atoms with Crippen LogP contribution >= 0.6 is 0 Å². The van der Waals surface area contributed by atoms with E-state index in [0.717, 1.165) is 24.5 Å². The highest BCUT2D eigenvalue weighted by Crippen LogP contribution is 2.22. The largest absolute Gasteiger partial charge is 0.465 e. The summed E-state index contributed by atoms with van der Waals surface area (Å²) in [5, 5.41) is 18.7. The first-order valence-corrected chi connectivity index (χ1v) is 21.8. The predicted molar refractivity (Wildman–Crippen MR) is 268 cm³/mol. The lowest BCUT2D eigenvalue weighted by Crippen LogP contribution is -2.33. The van der Waals surface area contributed by atoms with Gasteiger partial charge in [0, 0.05) is 41.3 Å². The molecule has 0 unspecified atom stereocenters. The molecule has 372 valence electrons. The second kappa shape index (κ2) is 30.9. The fourth-order valence-electron chi connectivity index (χ4n) is 5.73. The van der Waals surface area contributed by atoms with Gasteiger partial charge >= 0.3 is 30.0 Å². The van der Waals surface area contributed by atoms with Crippen LogP contribution in [0.4, 0.5) is 27.9 Å². The third kappa shape index (κ3) is 19.3. The van der Waals surface area contributed by atoms with Gasteiger partial charge in [-0.05, 0) is 115 Å². The number of amides is 3. The van der Waals surface area contributed by atoms with Crippen LogP contribution in [-0.2, 0) is 18.9 Å². The van der Waals surface area contributed by atoms with E-state index in [0.29, 0.717) is 45.1 Å². The smallest absolute Gasteiger partial charge is 0.337 e. The average molecular weight is 981 g/mol. The molecular weight excluding hydrogens is 929 g/mol. The number of carbonyl (C=O) groups excluding carboxylic acids is 6. The first-order chi connectivity index (χ1) is 35.0. The minimum absolute atomic E-state index is 0.101. The zero-order valence-corrected chi connectivity index (χ0v) is 39.4. The van der Waals surface area contributed by atoms with Gasteiger partial charge in [0.2, 0.25) is 5.89 Å². The molecule has 1 aliphatic rings. The molecule has 0 saturated carbocycles. The van der Waals surface area contributed by atoms with Crippen molar-refractivity contribution >= 4 is 58.7 Å². The number of benzene rings is 6. The van der Waals surface area contributed by atoms with Crippen molar-refractivity contribution in [2.45, 2.75) is 12.8 Å². The van der Waals surface area contributed by atoms with Crippen molar-refractivity contribution in [3.8, 4) is 11.5 Å². The molecule has 0 bridgehead atoms. The highest BCUT2D eigenvalue weighted by Gasteiger charge is 2.11. The lowest BCUT2D eigenvalue weighted by molar-refractivity contribution is 0.0592. The number of nitrogens with one attached hydrogen (secondary N) is 4. The summed E-state index contributed by atoms with van der Waals surface area (Å²) in [6, 6.07) is 45.7. The summed E-state index contributed by atoms with van der Waals surface area (Å²) in [7, 11) is 3.94. The molecule has 1 fully saturated rings. The Morgan fingerprint density at radius 1 is 0.569 bits per heavy atom. The monoisotopic (exact) mass is 980 g/mol. The molecule has 0 spiro atoms. The third-order valence-corrected chi connectivity index (χ3v) is 9.46. The van der Waals surface area contributed by atoms with Gasteiger partial charge in [-0.25, -0.2) is 25.0 Å². The van der Waals surface area contributed by atoms with Crippen molar-refractivity contribution in [3.63, 3.8) is 0 Å². The molecular formula is C52H52N8O12. The molecule has 3 amide bonds. The predicted octanol–water partition coefficient (Wildman–Crippen LogP) is 8.70. The van der Waals surface area contributed by atoms with Crippen molar-refractivity contribution in [3.05, 3.63) is 197 Å². The number of rotatable bonds is 12. The van der Waals surface area contributed by atoms with Gasteiger partial charge in [-0.1, -0.05) is 71.8 Å². The summed E-state index contributed by atoms with van der Waals surface area (Å²) < 4.78 is 24.2. The fraction of sp³-hybridized carbons (Fsp3) is 0.154. The number of ketones is 1. The van der Waals surface area contributed by atoms with Crippen LogP contribution in [0.25, 0.3) is 11.5 Å². The van der Waals surface area contributed by atoms with Crippen molar-refractivity contribution in [1.82, 2.24) is 20.9 Å². The molecule has 72 heavy (non-hydrogen) atoms. The number of hydrogen-bond acceptors (Lipinski definition) is 17. The van der Waals surface area contributed by atoms with Gasteiger partial charge in [0.1, 0.15) is 5.69 Å². The van der Waals surface area contributed by atoms with Crippen LogP contribution in [0.1, 0.15) is 64.6 Å². The van der Waals surface area contributed by atoms with E-state index in [1.54, 1.807) is 84.9 Å². The number of methoxy groups -OCH3 is 3. The molecule has 8 rings (SSSR count). The van der Waals surface area contributed by atoms with Gasteiger partial charge < -0.3 is 39.3 Å². The van der Waals surface area contributed by atoms with Crippen molar-refractivity contribution in [2.75, 3.05) is 51.7 Å². The van der Waals surface area contributed by atoms with Crippen molar-refractivity contribution < 1.29 is 52.1 Å². The maximum Gasteiger partial charge on any atom is 0.337 e.